The van der Waals surface area contributed by atoms with Crippen LogP contribution in [0.3, 0.4) is 0 Å². The molecule has 1 aromatic heterocycles. The van der Waals surface area contributed by atoms with Crippen molar-refractivity contribution in [1.82, 2.24) is 9.88 Å². The normalized spacial score (nSPS) is 16.3. The van der Waals surface area contributed by atoms with Crippen molar-refractivity contribution < 1.29 is 4.79 Å². The van der Waals surface area contributed by atoms with Gasteiger partial charge in [-0.3, -0.25) is 9.69 Å². The van der Waals surface area contributed by atoms with Crippen molar-refractivity contribution in [2.75, 3.05) is 25.5 Å². The molecule has 5 nitrogen and oxygen atoms in total. The predicted octanol–water partition coefficient (Wildman–Crippen LogP) is 1.90. The maximum Gasteiger partial charge on any atom is 0.240 e. The largest absolute Gasteiger partial charge is 0.329 e. The molecule has 1 aliphatic carbocycles. The number of anilines is 1. The van der Waals surface area contributed by atoms with E-state index in [0.717, 1.165) is 10.2 Å². The van der Waals surface area contributed by atoms with Crippen molar-refractivity contribution in [3.8, 4) is 0 Å². The van der Waals surface area contributed by atoms with E-state index >= 15 is 0 Å². The van der Waals surface area contributed by atoms with E-state index in [9.17, 15) is 4.79 Å². The lowest BCUT2D eigenvalue weighted by molar-refractivity contribution is -0.117. The van der Waals surface area contributed by atoms with Crippen molar-refractivity contribution in [2.24, 2.45) is 11.7 Å². The van der Waals surface area contributed by atoms with Gasteiger partial charge in [-0.05, 0) is 37.9 Å². The third-order valence-corrected chi connectivity index (χ3v) is 4.86. The van der Waals surface area contributed by atoms with Crippen LogP contribution in [-0.4, -0.2) is 42.0 Å². The number of thiazole rings is 1. The van der Waals surface area contributed by atoms with Crippen LogP contribution in [0.4, 0.5) is 5.13 Å². The summed E-state index contributed by atoms with van der Waals surface area (Å²) in [5.41, 5.74) is 6.73. The highest BCUT2D eigenvalue weighted by Gasteiger charge is 2.33. The average Bonchev–Trinajstić information content (AvgIpc) is 3.18. The van der Waals surface area contributed by atoms with Crippen LogP contribution in [-0.2, 0) is 4.79 Å². The Balaban J connectivity index is 1.60. The molecule has 0 spiro atoms. The number of para-hydroxylation sites is 1. The molecule has 0 bridgehead atoms. The number of fused-ring (bicyclic) bond motifs is 1. The van der Waals surface area contributed by atoms with Crippen LogP contribution in [0.2, 0.25) is 0 Å². The molecule has 1 heterocycles. The monoisotopic (exact) mass is 304 g/mol. The summed E-state index contributed by atoms with van der Waals surface area (Å²) in [6.07, 6.45) is 2.46. The molecule has 1 amide bonds. The Hall–Kier alpha value is -1.50. The minimum absolute atomic E-state index is 0.0318. The Kier molecular flexibility index (Phi) is 4.19. The molecule has 1 aliphatic rings. The van der Waals surface area contributed by atoms with Crippen LogP contribution in [0.25, 0.3) is 10.2 Å². The van der Waals surface area contributed by atoms with Gasteiger partial charge in [-0.15, -0.1) is 0 Å². The van der Waals surface area contributed by atoms with E-state index in [0.29, 0.717) is 30.2 Å². The summed E-state index contributed by atoms with van der Waals surface area (Å²) in [5, 5.41) is 3.54. The van der Waals surface area contributed by atoms with E-state index in [4.69, 9.17) is 5.73 Å². The van der Waals surface area contributed by atoms with Crippen LogP contribution in [0.1, 0.15) is 12.8 Å². The summed E-state index contributed by atoms with van der Waals surface area (Å²) >= 11 is 1.50. The molecule has 1 saturated carbocycles. The lowest BCUT2D eigenvalue weighted by Gasteiger charge is -2.25. The van der Waals surface area contributed by atoms with Gasteiger partial charge in [0.05, 0.1) is 16.8 Å². The Morgan fingerprint density at radius 2 is 2.29 bits per heavy atom. The van der Waals surface area contributed by atoms with Gasteiger partial charge in [-0.25, -0.2) is 4.98 Å². The zero-order chi connectivity index (χ0) is 14.8. The Morgan fingerprint density at radius 1 is 1.52 bits per heavy atom. The van der Waals surface area contributed by atoms with Gasteiger partial charge in [0.2, 0.25) is 5.91 Å². The van der Waals surface area contributed by atoms with Gasteiger partial charge < -0.3 is 11.1 Å². The molecule has 21 heavy (non-hydrogen) atoms. The topological polar surface area (TPSA) is 71.2 Å². The van der Waals surface area contributed by atoms with Crippen molar-refractivity contribution in [3.63, 3.8) is 0 Å². The minimum atomic E-state index is -0.0318. The molecule has 1 unspecified atom stereocenters. The van der Waals surface area contributed by atoms with Crippen molar-refractivity contribution in [3.05, 3.63) is 24.3 Å². The lowest BCUT2D eigenvalue weighted by Crippen LogP contribution is -2.43. The molecule has 6 heteroatoms. The van der Waals surface area contributed by atoms with E-state index in [1.807, 2.05) is 31.3 Å². The third kappa shape index (κ3) is 3.40. The summed E-state index contributed by atoms with van der Waals surface area (Å²) < 4.78 is 1.08. The molecule has 1 aromatic carbocycles. The highest BCUT2D eigenvalue weighted by molar-refractivity contribution is 7.22. The van der Waals surface area contributed by atoms with E-state index in [1.165, 1.54) is 24.2 Å². The third-order valence-electron chi connectivity index (χ3n) is 3.91. The number of carbonyl (C=O) groups is 1. The Labute approximate surface area is 128 Å². The maximum atomic E-state index is 12.1. The maximum absolute atomic E-state index is 12.1. The average molecular weight is 304 g/mol. The number of carbonyl (C=O) groups excluding carboxylic acids is 1. The van der Waals surface area contributed by atoms with Gasteiger partial charge >= 0.3 is 0 Å². The fourth-order valence-electron chi connectivity index (χ4n) is 2.64. The summed E-state index contributed by atoms with van der Waals surface area (Å²) in [7, 11) is 1.97. The first kappa shape index (κ1) is 14.4. The van der Waals surface area contributed by atoms with Crippen LogP contribution in [0, 0.1) is 5.92 Å². The number of benzene rings is 1. The minimum Gasteiger partial charge on any atom is -0.329 e. The van der Waals surface area contributed by atoms with Crippen LogP contribution < -0.4 is 11.1 Å². The van der Waals surface area contributed by atoms with E-state index in [-0.39, 0.29) is 5.91 Å². The van der Waals surface area contributed by atoms with Crippen LogP contribution >= 0.6 is 11.3 Å². The molecule has 3 N–H and O–H groups in total. The fourth-order valence-corrected chi connectivity index (χ4v) is 3.52. The summed E-state index contributed by atoms with van der Waals surface area (Å²) in [6.45, 7) is 0.962. The molecular weight excluding hydrogens is 284 g/mol. The summed E-state index contributed by atoms with van der Waals surface area (Å²) in [5.74, 6) is 0.630. The molecule has 0 aliphatic heterocycles. The molecule has 1 atom stereocenters. The standard InChI is InChI=1S/C15H20N4OS/c1-19(12(8-16)10-6-7-10)9-14(20)18-15-17-11-4-2-3-5-13(11)21-15/h2-5,10,12H,6-9,16H2,1H3,(H,17,18,20). The number of hydrogen-bond donors (Lipinski definition) is 2. The second-order valence-corrected chi connectivity index (χ2v) is 6.62. The van der Waals surface area contributed by atoms with Crippen LogP contribution in [0.5, 0.6) is 0 Å². The second kappa shape index (κ2) is 6.09. The van der Waals surface area contributed by atoms with E-state index in [2.05, 4.69) is 15.2 Å². The number of likely N-dealkylation sites (N-methyl/N-ethyl adjacent to an activating group) is 1. The van der Waals surface area contributed by atoms with E-state index < -0.39 is 0 Å². The van der Waals surface area contributed by atoms with Gasteiger partial charge in [-0.2, -0.15) is 0 Å². The van der Waals surface area contributed by atoms with Gasteiger partial charge in [0.15, 0.2) is 5.13 Å². The Morgan fingerprint density at radius 3 is 2.95 bits per heavy atom. The molecular formula is C15H20N4OS. The smallest absolute Gasteiger partial charge is 0.240 e. The number of nitrogens with two attached hydrogens (primary N) is 1. The molecule has 2 aromatic rings. The zero-order valence-electron chi connectivity index (χ0n) is 12.1. The van der Waals surface area contributed by atoms with Crippen LogP contribution in [0.15, 0.2) is 24.3 Å². The first-order chi connectivity index (χ1) is 10.2. The zero-order valence-corrected chi connectivity index (χ0v) is 12.9. The SMILES string of the molecule is CN(CC(=O)Nc1nc2ccccc2s1)C(CN)C1CC1. The number of nitrogens with zero attached hydrogens (tertiary/aromatic N) is 2. The first-order valence-corrected chi connectivity index (χ1v) is 8.04. The molecule has 112 valence electrons. The fraction of sp³-hybridized carbons (Fsp3) is 0.467. The molecule has 0 saturated heterocycles. The van der Waals surface area contributed by atoms with Crippen molar-refractivity contribution >= 4 is 32.6 Å². The molecule has 3 rings (SSSR count). The van der Waals surface area contributed by atoms with Gasteiger partial charge in [0.25, 0.3) is 0 Å². The molecule has 0 radical (unpaired) electrons. The number of amides is 1. The quantitative estimate of drug-likeness (QED) is 0.855. The molecule has 1 fully saturated rings. The highest BCUT2D eigenvalue weighted by Crippen LogP contribution is 2.34. The van der Waals surface area contributed by atoms with Crippen molar-refractivity contribution in [2.45, 2.75) is 18.9 Å². The van der Waals surface area contributed by atoms with Crippen molar-refractivity contribution in [1.29, 1.82) is 0 Å². The number of hydrogen-bond acceptors (Lipinski definition) is 5. The Bertz CT molecular complexity index is 604. The number of nitrogens with one attached hydrogen (secondary N) is 1. The summed E-state index contributed by atoms with van der Waals surface area (Å²) in [6, 6.07) is 8.19. The second-order valence-electron chi connectivity index (χ2n) is 5.59. The van der Waals surface area contributed by atoms with Gasteiger partial charge in [-0.1, -0.05) is 23.5 Å². The highest BCUT2D eigenvalue weighted by atomic mass is 32.1. The lowest BCUT2D eigenvalue weighted by atomic mass is 10.1. The summed E-state index contributed by atoms with van der Waals surface area (Å²) in [4.78, 5) is 18.6. The predicted molar refractivity (Wildman–Crippen MR) is 86.4 cm³/mol. The number of aromatic nitrogens is 1. The van der Waals surface area contributed by atoms with E-state index in [1.54, 1.807) is 0 Å². The van der Waals surface area contributed by atoms with Gasteiger partial charge in [0.1, 0.15) is 0 Å². The van der Waals surface area contributed by atoms with Gasteiger partial charge in [0, 0.05) is 12.6 Å². The first-order valence-electron chi connectivity index (χ1n) is 7.23. The number of rotatable bonds is 6.